The molecule has 0 bridgehead atoms. The van der Waals surface area contributed by atoms with E-state index in [1.165, 1.54) is 11.1 Å². The molecule has 4 heteroatoms. The summed E-state index contributed by atoms with van der Waals surface area (Å²) in [5.74, 6) is 0. The van der Waals surface area contributed by atoms with Gasteiger partial charge in [-0.05, 0) is 44.0 Å². The maximum Gasteiger partial charge on any atom is 0.0946 e. The average molecular weight is 258 g/mol. The maximum absolute atomic E-state index is 4.60. The maximum atomic E-state index is 4.60. The summed E-state index contributed by atoms with van der Waals surface area (Å²) >= 11 is 0. The molecule has 102 valence electrons. The first-order valence-electron chi connectivity index (χ1n) is 6.78. The van der Waals surface area contributed by atoms with Gasteiger partial charge in [-0.3, -0.25) is 9.67 Å². The number of hydrogen-bond acceptors (Lipinski definition) is 3. The third-order valence-corrected chi connectivity index (χ3v) is 3.16. The molecule has 0 aliphatic carbocycles. The van der Waals surface area contributed by atoms with Gasteiger partial charge in [0.25, 0.3) is 0 Å². The fourth-order valence-electron chi connectivity index (χ4n) is 2.25. The minimum atomic E-state index is 0.0711. The van der Waals surface area contributed by atoms with E-state index in [1.807, 2.05) is 30.2 Å². The summed E-state index contributed by atoms with van der Waals surface area (Å²) in [4.78, 5) is 4.60. The lowest BCUT2D eigenvalue weighted by Crippen LogP contribution is -2.25. The second-order valence-electron chi connectivity index (χ2n) is 5.02. The molecule has 0 fully saturated rings. The van der Waals surface area contributed by atoms with Gasteiger partial charge in [0.2, 0.25) is 0 Å². The molecular formula is C15H22N4. The minimum Gasteiger partial charge on any atom is -0.304 e. The molecule has 0 aliphatic heterocycles. The summed E-state index contributed by atoms with van der Waals surface area (Å²) < 4.78 is 1.83. The standard InChI is InChI=1S/C15H22N4/c1-5-7-16-15(13-6-8-19(4)18-13)14-12(3)9-11(2)10-17-14/h6,8-10,15-16H,5,7H2,1-4H3. The van der Waals surface area contributed by atoms with Crippen molar-refractivity contribution >= 4 is 0 Å². The van der Waals surface area contributed by atoms with E-state index in [9.17, 15) is 0 Å². The van der Waals surface area contributed by atoms with Crippen molar-refractivity contribution in [2.45, 2.75) is 33.2 Å². The molecule has 0 radical (unpaired) electrons. The molecule has 0 aromatic carbocycles. The van der Waals surface area contributed by atoms with Gasteiger partial charge in [-0.25, -0.2) is 0 Å². The quantitative estimate of drug-likeness (QED) is 0.896. The van der Waals surface area contributed by atoms with E-state index in [1.54, 1.807) is 0 Å². The summed E-state index contributed by atoms with van der Waals surface area (Å²) in [6, 6.07) is 4.29. The summed E-state index contributed by atoms with van der Waals surface area (Å²) in [6.07, 6.45) is 4.99. The number of aryl methyl sites for hydroxylation is 3. The number of rotatable bonds is 5. The van der Waals surface area contributed by atoms with E-state index in [4.69, 9.17) is 0 Å². The van der Waals surface area contributed by atoms with Gasteiger partial charge in [0.15, 0.2) is 0 Å². The second-order valence-corrected chi connectivity index (χ2v) is 5.02. The van der Waals surface area contributed by atoms with Crippen molar-refractivity contribution < 1.29 is 0 Å². The normalized spacial score (nSPS) is 12.6. The lowest BCUT2D eigenvalue weighted by Gasteiger charge is -2.18. The van der Waals surface area contributed by atoms with Crippen molar-refractivity contribution in [3.05, 3.63) is 47.0 Å². The molecule has 0 aliphatic rings. The minimum absolute atomic E-state index is 0.0711. The van der Waals surface area contributed by atoms with Gasteiger partial charge >= 0.3 is 0 Å². The molecule has 2 aromatic rings. The molecule has 2 aromatic heterocycles. The highest BCUT2D eigenvalue weighted by atomic mass is 15.3. The smallest absolute Gasteiger partial charge is 0.0946 e. The van der Waals surface area contributed by atoms with Gasteiger partial charge in [0, 0.05) is 19.4 Å². The van der Waals surface area contributed by atoms with Crippen LogP contribution in [0.25, 0.3) is 0 Å². The SMILES string of the molecule is CCCNC(c1ccn(C)n1)c1ncc(C)cc1C. The molecule has 4 nitrogen and oxygen atoms in total. The van der Waals surface area contributed by atoms with Gasteiger partial charge in [0.05, 0.1) is 17.4 Å². The molecule has 2 heterocycles. The second kappa shape index (κ2) is 5.97. The zero-order valence-electron chi connectivity index (χ0n) is 12.1. The number of nitrogens with zero attached hydrogens (tertiary/aromatic N) is 3. The molecule has 2 rings (SSSR count). The van der Waals surface area contributed by atoms with Crippen molar-refractivity contribution in [3.8, 4) is 0 Å². The van der Waals surface area contributed by atoms with Crippen molar-refractivity contribution in [1.82, 2.24) is 20.1 Å². The predicted molar refractivity (Wildman–Crippen MR) is 77.1 cm³/mol. The largest absolute Gasteiger partial charge is 0.304 e. The zero-order chi connectivity index (χ0) is 13.8. The Balaban J connectivity index is 2.36. The fraction of sp³-hybridized carbons (Fsp3) is 0.467. The van der Waals surface area contributed by atoms with Crippen molar-refractivity contribution in [2.75, 3.05) is 6.54 Å². The predicted octanol–water partition coefficient (Wildman–Crippen LogP) is 2.52. The van der Waals surface area contributed by atoms with Crippen LogP contribution in [0.4, 0.5) is 0 Å². The van der Waals surface area contributed by atoms with Gasteiger partial charge in [0.1, 0.15) is 0 Å². The number of pyridine rings is 1. The van der Waals surface area contributed by atoms with E-state index in [-0.39, 0.29) is 6.04 Å². The van der Waals surface area contributed by atoms with Crippen LogP contribution in [0.1, 0.15) is 41.9 Å². The number of hydrogen-bond donors (Lipinski definition) is 1. The van der Waals surface area contributed by atoms with Crippen molar-refractivity contribution in [2.24, 2.45) is 7.05 Å². The lowest BCUT2D eigenvalue weighted by molar-refractivity contribution is 0.562. The van der Waals surface area contributed by atoms with Gasteiger partial charge < -0.3 is 5.32 Å². The molecule has 1 unspecified atom stereocenters. The van der Waals surface area contributed by atoms with Crippen molar-refractivity contribution in [1.29, 1.82) is 0 Å². The van der Waals surface area contributed by atoms with Gasteiger partial charge in [-0.1, -0.05) is 13.0 Å². The Kier molecular flexibility index (Phi) is 4.32. The summed E-state index contributed by atoms with van der Waals surface area (Å²) in [5, 5.41) is 8.06. The van der Waals surface area contributed by atoms with Gasteiger partial charge in [-0.15, -0.1) is 0 Å². The third kappa shape index (κ3) is 3.20. The van der Waals surface area contributed by atoms with Crippen LogP contribution >= 0.6 is 0 Å². The van der Waals surface area contributed by atoms with Crippen LogP contribution in [-0.4, -0.2) is 21.3 Å². The monoisotopic (exact) mass is 258 g/mol. The summed E-state index contributed by atoms with van der Waals surface area (Å²) in [5.41, 5.74) is 4.49. The van der Waals surface area contributed by atoms with Gasteiger partial charge in [-0.2, -0.15) is 5.10 Å². The Morgan fingerprint density at radius 2 is 2.16 bits per heavy atom. The van der Waals surface area contributed by atoms with E-state index >= 15 is 0 Å². The first-order chi connectivity index (χ1) is 9.11. The molecule has 0 spiro atoms. The van der Waals surface area contributed by atoms with Crippen LogP contribution < -0.4 is 5.32 Å². The molecule has 1 atom stereocenters. The molecular weight excluding hydrogens is 236 g/mol. The topological polar surface area (TPSA) is 42.7 Å². The Morgan fingerprint density at radius 3 is 2.74 bits per heavy atom. The van der Waals surface area contributed by atoms with Crippen LogP contribution in [0.2, 0.25) is 0 Å². The zero-order valence-corrected chi connectivity index (χ0v) is 12.1. The first-order valence-corrected chi connectivity index (χ1v) is 6.78. The van der Waals surface area contributed by atoms with Crippen LogP contribution in [0.15, 0.2) is 24.5 Å². The Hall–Kier alpha value is -1.68. The highest BCUT2D eigenvalue weighted by Gasteiger charge is 2.19. The van der Waals surface area contributed by atoms with E-state index < -0.39 is 0 Å². The van der Waals surface area contributed by atoms with Crippen molar-refractivity contribution in [3.63, 3.8) is 0 Å². The highest BCUT2D eigenvalue weighted by Crippen LogP contribution is 2.22. The molecule has 0 amide bonds. The molecule has 19 heavy (non-hydrogen) atoms. The molecule has 0 saturated heterocycles. The molecule has 1 N–H and O–H groups in total. The average Bonchev–Trinajstić information content (AvgIpc) is 2.78. The number of nitrogens with one attached hydrogen (secondary N) is 1. The first kappa shape index (κ1) is 13.7. The van der Waals surface area contributed by atoms with E-state index in [0.29, 0.717) is 0 Å². The van der Waals surface area contributed by atoms with E-state index in [2.05, 4.69) is 42.2 Å². The van der Waals surface area contributed by atoms with Crippen LogP contribution in [0.3, 0.4) is 0 Å². The van der Waals surface area contributed by atoms with Crippen LogP contribution in [0, 0.1) is 13.8 Å². The molecule has 0 saturated carbocycles. The Bertz CT molecular complexity index is 545. The fourth-order valence-corrected chi connectivity index (χ4v) is 2.25. The highest BCUT2D eigenvalue weighted by molar-refractivity contribution is 5.30. The third-order valence-electron chi connectivity index (χ3n) is 3.16. The summed E-state index contributed by atoms with van der Waals surface area (Å²) in [7, 11) is 1.94. The lowest BCUT2D eigenvalue weighted by atomic mass is 10.0. The van der Waals surface area contributed by atoms with Crippen LogP contribution in [-0.2, 0) is 7.05 Å². The Morgan fingerprint density at radius 1 is 1.37 bits per heavy atom. The summed E-state index contributed by atoms with van der Waals surface area (Å²) in [6.45, 7) is 7.30. The van der Waals surface area contributed by atoms with Crippen LogP contribution in [0.5, 0.6) is 0 Å². The van der Waals surface area contributed by atoms with E-state index in [0.717, 1.165) is 24.4 Å². The Labute approximate surface area is 114 Å². The number of aromatic nitrogens is 3.